The molecule has 2 N–H and O–H groups in total. The Balaban J connectivity index is 1.86. The van der Waals surface area contributed by atoms with Gasteiger partial charge in [-0.1, -0.05) is 0 Å². The molecule has 0 unspecified atom stereocenters. The average molecular weight is 164 g/mol. The Labute approximate surface area is 72.6 Å². The first-order valence-electron chi connectivity index (χ1n) is 4.56. The lowest BCUT2D eigenvalue weighted by atomic mass is 9.93. The van der Waals surface area contributed by atoms with Gasteiger partial charge in [0.2, 0.25) is 0 Å². The minimum Gasteiger partial charge on any atom is -0.317 e. The summed E-state index contributed by atoms with van der Waals surface area (Å²) in [6, 6.07) is 3.10. The lowest BCUT2D eigenvalue weighted by Gasteiger charge is -2.21. The van der Waals surface area contributed by atoms with Gasteiger partial charge in [-0.05, 0) is 38.3 Å². The van der Waals surface area contributed by atoms with Crippen LogP contribution in [0.1, 0.15) is 18.5 Å². The van der Waals surface area contributed by atoms with Crippen molar-refractivity contribution in [2.45, 2.75) is 19.3 Å². The fourth-order valence-corrected chi connectivity index (χ4v) is 1.72. The lowest BCUT2D eigenvalue weighted by molar-refractivity contribution is 0.370. The molecule has 1 saturated heterocycles. The van der Waals surface area contributed by atoms with E-state index < -0.39 is 0 Å². The SMILES string of the molecule is [c]1c[nH]nc1CC1CCNCC1. The summed E-state index contributed by atoms with van der Waals surface area (Å²) in [6.45, 7) is 2.32. The third kappa shape index (κ3) is 1.85. The largest absolute Gasteiger partial charge is 0.317 e. The van der Waals surface area contributed by atoms with Crippen LogP contribution in [0.25, 0.3) is 0 Å². The number of hydrogen-bond donors (Lipinski definition) is 2. The molecule has 1 aromatic rings. The Hall–Kier alpha value is -0.830. The van der Waals surface area contributed by atoms with Crippen molar-refractivity contribution in [3.63, 3.8) is 0 Å². The molecule has 0 atom stereocenters. The van der Waals surface area contributed by atoms with Crippen LogP contribution in [-0.4, -0.2) is 23.3 Å². The number of aromatic nitrogens is 2. The molecular formula is C9H14N3. The third-order valence-electron chi connectivity index (χ3n) is 2.44. The van der Waals surface area contributed by atoms with Gasteiger partial charge in [0.25, 0.3) is 0 Å². The molecule has 0 saturated carbocycles. The Morgan fingerprint density at radius 3 is 3.00 bits per heavy atom. The summed E-state index contributed by atoms with van der Waals surface area (Å²) in [7, 11) is 0. The van der Waals surface area contributed by atoms with Gasteiger partial charge in [0.05, 0.1) is 5.69 Å². The van der Waals surface area contributed by atoms with Crippen molar-refractivity contribution < 1.29 is 0 Å². The van der Waals surface area contributed by atoms with Crippen molar-refractivity contribution in [1.29, 1.82) is 0 Å². The van der Waals surface area contributed by atoms with E-state index in [-0.39, 0.29) is 0 Å². The van der Waals surface area contributed by atoms with E-state index in [1.807, 2.05) is 0 Å². The van der Waals surface area contributed by atoms with Crippen LogP contribution in [-0.2, 0) is 6.42 Å². The Morgan fingerprint density at radius 2 is 2.33 bits per heavy atom. The van der Waals surface area contributed by atoms with E-state index in [0.29, 0.717) is 0 Å². The molecule has 2 rings (SSSR count). The standard InChI is InChI=1S/C9H14N3/c1-4-10-5-2-8(1)7-9-3-6-11-12-9/h6,8,10H,1-2,4-5,7H2,(H,11,12). The number of rotatable bonds is 2. The second-order valence-electron chi connectivity index (χ2n) is 3.37. The third-order valence-corrected chi connectivity index (χ3v) is 2.44. The maximum atomic E-state index is 4.11. The molecule has 1 radical (unpaired) electrons. The first-order valence-corrected chi connectivity index (χ1v) is 4.56. The zero-order chi connectivity index (χ0) is 8.23. The van der Waals surface area contributed by atoms with Gasteiger partial charge in [0, 0.05) is 12.3 Å². The maximum Gasteiger partial charge on any atom is 0.0704 e. The molecule has 3 nitrogen and oxygen atoms in total. The van der Waals surface area contributed by atoms with E-state index in [1.54, 1.807) is 6.20 Å². The monoisotopic (exact) mass is 164 g/mol. The average Bonchev–Trinajstić information content (AvgIpc) is 2.59. The predicted molar refractivity (Wildman–Crippen MR) is 46.7 cm³/mol. The van der Waals surface area contributed by atoms with Crippen LogP contribution in [0.2, 0.25) is 0 Å². The Kier molecular flexibility index (Phi) is 2.42. The molecular weight excluding hydrogens is 150 g/mol. The molecule has 0 amide bonds. The highest BCUT2D eigenvalue weighted by atomic mass is 15.1. The van der Waals surface area contributed by atoms with E-state index in [2.05, 4.69) is 21.6 Å². The summed E-state index contributed by atoms with van der Waals surface area (Å²) in [5.41, 5.74) is 1.09. The fourth-order valence-electron chi connectivity index (χ4n) is 1.72. The number of aromatic amines is 1. The van der Waals surface area contributed by atoms with Crippen molar-refractivity contribution in [3.8, 4) is 0 Å². The highest BCUT2D eigenvalue weighted by Gasteiger charge is 2.13. The van der Waals surface area contributed by atoms with E-state index >= 15 is 0 Å². The number of H-pyrrole nitrogens is 1. The van der Waals surface area contributed by atoms with Gasteiger partial charge < -0.3 is 5.32 Å². The van der Waals surface area contributed by atoms with E-state index in [9.17, 15) is 0 Å². The van der Waals surface area contributed by atoms with Crippen molar-refractivity contribution in [2.24, 2.45) is 5.92 Å². The molecule has 2 heterocycles. The van der Waals surface area contributed by atoms with Crippen molar-refractivity contribution in [1.82, 2.24) is 15.5 Å². The highest BCUT2D eigenvalue weighted by molar-refractivity contribution is 4.96. The molecule has 1 fully saturated rings. The van der Waals surface area contributed by atoms with Gasteiger partial charge >= 0.3 is 0 Å². The van der Waals surface area contributed by atoms with Crippen molar-refractivity contribution >= 4 is 0 Å². The molecule has 0 aromatic carbocycles. The zero-order valence-corrected chi connectivity index (χ0v) is 7.14. The summed E-state index contributed by atoms with van der Waals surface area (Å²) in [4.78, 5) is 0. The van der Waals surface area contributed by atoms with Crippen LogP contribution >= 0.6 is 0 Å². The molecule has 0 aliphatic carbocycles. The van der Waals surface area contributed by atoms with Gasteiger partial charge in [-0.2, -0.15) is 5.10 Å². The minimum atomic E-state index is 0.811. The Morgan fingerprint density at radius 1 is 1.50 bits per heavy atom. The quantitative estimate of drug-likeness (QED) is 0.677. The zero-order valence-electron chi connectivity index (χ0n) is 7.14. The molecule has 12 heavy (non-hydrogen) atoms. The summed E-state index contributed by atoms with van der Waals surface area (Å²) >= 11 is 0. The minimum absolute atomic E-state index is 0.811. The second-order valence-corrected chi connectivity index (χ2v) is 3.37. The van der Waals surface area contributed by atoms with Crippen LogP contribution in [0, 0.1) is 12.0 Å². The molecule has 1 aromatic heterocycles. The lowest BCUT2D eigenvalue weighted by Crippen LogP contribution is -2.28. The van der Waals surface area contributed by atoms with Gasteiger partial charge in [0.15, 0.2) is 0 Å². The molecule has 3 heteroatoms. The molecule has 1 aliphatic rings. The molecule has 1 aliphatic heterocycles. The number of nitrogens with zero attached hydrogens (tertiary/aromatic N) is 1. The summed E-state index contributed by atoms with van der Waals surface area (Å²) in [5, 5.41) is 10.3. The van der Waals surface area contributed by atoms with Crippen molar-refractivity contribution in [2.75, 3.05) is 13.1 Å². The number of hydrogen-bond acceptors (Lipinski definition) is 2. The van der Waals surface area contributed by atoms with Crippen LogP contribution < -0.4 is 5.32 Å². The van der Waals surface area contributed by atoms with Crippen LogP contribution in [0.3, 0.4) is 0 Å². The summed E-state index contributed by atoms with van der Waals surface area (Å²) in [6.07, 6.45) is 5.42. The first-order chi connectivity index (χ1) is 5.95. The first kappa shape index (κ1) is 7.80. The summed E-state index contributed by atoms with van der Waals surface area (Å²) < 4.78 is 0. The maximum absolute atomic E-state index is 4.11. The smallest absolute Gasteiger partial charge is 0.0704 e. The normalized spacial score (nSPS) is 19.7. The Bertz CT molecular complexity index is 212. The second kappa shape index (κ2) is 3.72. The van der Waals surface area contributed by atoms with E-state index in [0.717, 1.165) is 31.1 Å². The molecule has 65 valence electrons. The summed E-state index contributed by atoms with van der Waals surface area (Å²) in [5.74, 6) is 0.811. The highest BCUT2D eigenvalue weighted by Crippen LogP contribution is 2.15. The topological polar surface area (TPSA) is 40.7 Å². The van der Waals surface area contributed by atoms with Crippen LogP contribution in [0.15, 0.2) is 6.20 Å². The number of nitrogens with one attached hydrogen (secondary N) is 2. The van der Waals surface area contributed by atoms with Gasteiger partial charge in [0.1, 0.15) is 0 Å². The predicted octanol–water partition coefficient (Wildman–Crippen LogP) is 0.752. The van der Waals surface area contributed by atoms with Crippen molar-refractivity contribution in [3.05, 3.63) is 18.0 Å². The van der Waals surface area contributed by atoms with Crippen LogP contribution in [0.4, 0.5) is 0 Å². The fraction of sp³-hybridized carbons (Fsp3) is 0.667. The van der Waals surface area contributed by atoms with E-state index in [1.165, 1.54) is 12.8 Å². The van der Waals surface area contributed by atoms with Gasteiger partial charge in [-0.15, -0.1) is 0 Å². The van der Waals surface area contributed by atoms with Crippen LogP contribution in [0.5, 0.6) is 0 Å². The number of piperidine rings is 1. The molecule has 0 spiro atoms. The molecule has 0 bridgehead atoms. The van der Waals surface area contributed by atoms with E-state index in [4.69, 9.17) is 0 Å². The van der Waals surface area contributed by atoms with Gasteiger partial charge in [-0.25, -0.2) is 0 Å². The van der Waals surface area contributed by atoms with Gasteiger partial charge in [-0.3, -0.25) is 5.10 Å².